The lowest BCUT2D eigenvalue weighted by Crippen LogP contribution is -2.44. The third-order valence-corrected chi connectivity index (χ3v) is 8.19. The van der Waals surface area contributed by atoms with Gasteiger partial charge >= 0.3 is 7.60 Å². The van der Waals surface area contributed by atoms with E-state index in [-0.39, 0.29) is 0 Å². The van der Waals surface area contributed by atoms with Crippen molar-refractivity contribution < 1.29 is 37.3 Å². The molecule has 0 spiro atoms. The molecule has 0 aliphatic carbocycles. The van der Waals surface area contributed by atoms with E-state index in [1.54, 1.807) is 24.3 Å². The predicted octanol–water partition coefficient (Wildman–Crippen LogP) is 4.61. The Hall–Kier alpha value is -1.77. The number of fused-ring (bicyclic) bond motifs is 1. The minimum Gasteiger partial charge on any atom is -0.421 e. The van der Waals surface area contributed by atoms with Gasteiger partial charge in [-0.2, -0.15) is 0 Å². The van der Waals surface area contributed by atoms with Gasteiger partial charge in [0.05, 0.1) is 11.9 Å². The van der Waals surface area contributed by atoms with Crippen molar-refractivity contribution in [3.8, 4) is 5.75 Å². The Kier molecular flexibility index (Phi) is 6.38. The summed E-state index contributed by atoms with van der Waals surface area (Å²) in [5, 5.41) is 0.435. The molecule has 0 N–H and O–H groups in total. The van der Waals surface area contributed by atoms with Gasteiger partial charge in [-0.1, -0.05) is 35.9 Å². The Bertz CT molecular complexity index is 1120. The van der Waals surface area contributed by atoms with Gasteiger partial charge in [0.2, 0.25) is 0 Å². The van der Waals surface area contributed by atoms with Crippen molar-refractivity contribution in [2.45, 2.75) is 83.8 Å². The van der Waals surface area contributed by atoms with Gasteiger partial charge < -0.3 is 28.2 Å². The van der Waals surface area contributed by atoms with E-state index < -0.39 is 49.9 Å². The van der Waals surface area contributed by atoms with Crippen LogP contribution >= 0.6 is 7.60 Å². The number of benzene rings is 2. The predicted molar refractivity (Wildman–Crippen MR) is 129 cm³/mol. The molecule has 9 heteroatoms. The zero-order chi connectivity index (χ0) is 25.0. The van der Waals surface area contributed by atoms with Crippen LogP contribution < -0.4 is 9.83 Å². The molecular formula is C26H33O8P. The van der Waals surface area contributed by atoms with E-state index in [1.165, 1.54) is 0 Å². The molecule has 2 aromatic rings. The molecule has 5 rings (SSSR count). The van der Waals surface area contributed by atoms with Gasteiger partial charge in [0, 0.05) is 0 Å². The Morgan fingerprint density at radius 2 is 1.66 bits per heavy atom. The molecule has 3 fully saturated rings. The lowest BCUT2D eigenvalue weighted by molar-refractivity contribution is -0.230. The van der Waals surface area contributed by atoms with Crippen LogP contribution in [0.2, 0.25) is 0 Å². The summed E-state index contributed by atoms with van der Waals surface area (Å²) >= 11 is 0. The number of aryl methyl sites for hydroxylation is 2. The van der Waals surface area contributed by atoms with Crippen LogP contribution in [0.1, 0.15) is 38.8 Å². The van der Waals surface area contributed by atoms with Gasteiger partial charge in [0.15, 0.2) is 17.9 Å². The maximum atomic E-state index is 14.5. The first-order chi connectivity index (χ1) is 16.4. The van der Waals surface area contributed by atoms with Crippen LogP contribution in [-0.2, 0) is 32.8 Å². The molecule has 3 saturated heterocycles. The maximum Gasteiger partial charge on any atom is 0.411 e. The number of hydrogen-bond donors (Lipinski definition) is 0. The first-order valence-electron chi connectivity index (χ1n) is 11.9. The molecule has 8 nitrogen and oxygen atoms in total. The summed E-state index contributed by atoms with van der Waals surface area (Å²) in [7, 11) is -3.90. The van der Waals surface area contributed by atoms with Crippen LogP contribution in [0.25, 0.3) is 0 Å². The Labute approximate surface area is 206 Å². The Balaban J connectivity index is 1.51. The third kappa shape index (κ3) is 5.07. The van der Waals surface area contributed by atoms with Crippen LogP contribution in [0.15, 0.2) is 48.5 Å². The average molecular weight is 505 g/mol. The average Bonchev–Trinajstić information content (AvgIpc) is 3.40. The molecule has 0 saturated carbocycles. The van der Waals surface area contributed by atoms with Crippen LogP contribution in [-0.4, -0.2) is 48.9 Å². The summed E-state index contributed by atoms with van der Waals surface area (Å²) in [6, 6.07) is 14.6. The van der Waals surface area contributed by atoms with E-state index >= 15 is 0 Å². The molecule has 0 amide bonds. The zero-order valence-corrected chi connectivity index (χ0v) is 21.8. The van der Waals surface area contributed by atoms with Crippen molar-refractivity contribution in [1.82, 2.24) is 0 Å². The smallest absolute Gasteiger partial charge is 0.411 e. The summed E-state index contributed by atoms with van der Waals surface area (Å²) in [5.74, 6) is -1.16. The fraction of sp³-hybridized carbons (Fsp3) is 0.538. The van der Waals surface area contributed by atoms with Gasteiger partial charge in [-0.25, -0.2) is 4.57 Å². The van der Waals surface area contributed by atoms with Gasteiger partial charge in [-0.3, -0.25) is 4.52 Å². The topological polar surface area (TPSA) is 81.7 Å². The van der Waals surface area contributed by atoms with Crippen LogP contribution in [0, 0.1) is 13.8 Å². The first kappa shape index (κ1) is 24.9. The monoisotopic (exact) mass is 504 g/mol. The molecule has 190 valence electrons. The van der Waals surface area contributed by atoms with E-state index in [2.05, 4.69) is 0 Å². The summed E-state index contributed by atoms with van der Waals surface area (Å²) in [6.07, 6.45) is -3.20. The van der Waals surface area contributed by atoms with E-state index in [9.17, 15) is 4.57 Å². The molecule has 2 aromatic carbocycles. The number of hydrogen-bond acceptors (Lipinski definition) is 8. The minimum absolute atomic E-state index is 0.300. The molecular weight excluding hydrogens is 471 g/mol. The summed E-state index contributed by atoms with van der Waals surface area (Å²) in [6.45, 7) is 11.5. The third-order valence-electron chi connectivity index (χ3n) is 6.31. The molecule has 6 atom stereocenters. The minimum atomic E-state index is -3.90. The van der Waals surface area contributed by atoms with Crippen LogP contribution in [0.5, 0.6) is 5.75 Å². The first-order valence-corrected chi connectivity index (χ1v) is 13.4. The fourth-order valence-corrected chi connectivity index (χ4v) is 6.57. The lowest BCUT2D eigenvalue weighted by Gasteiger charge is -2.31. The van der Waals surface area contributed by atoms with E-state index in [0.717, 1.165) is 11.1 Å². The van der Waals surface area contributed by atoms with E-state index in [0.29, 0.717) is 17.7 Å². The second-order valence-electron chi connectivity index (χ2n) is 10.2. The van der Waals surface area contributed by atoms with Gasteiger partial charge in [-0.05, 0) is 65.3 Å². The van der Waals surface area contributed by atoms with Gasteiger partial charge in [0.25, 0.3) is 0 Å². The molecule has 35 heavy (non-hydrogen) atoms. The lowest BCUT2D eigenvalue weighted by atomic mass is 10.1. The highest BCUT2D eigenvalue weighted by Crippen LogP contribution is 2.53. The second kappa shape index (κ2) is 8.96. The van der Waals surface area contributed by atoms with Crippen molar-refractivity contribution in [1.29, 1.82) is 0 Å². The van der Waals surface area contributed by atoms with Crippen molar-refractivity contribution in [2.24, 2.45) is 0 Å². The quantitative estimate of drug-likeness (QED) is 0.528. The van der Waals surface area contributed by atoms with Crippen LogP contribution in [0.4, 0.5) is 0 Å². The van der Waals surface area contributed by atoms with E-state index in [4.69, 9.17) is 32.7 Å². The number of ether oxygens (including phenoxy) is 5. The largest absolute Gasteiger partial charge is 0.421 e. The van der Waals surface area contributed by atoms with Crippen LogP contribution in [0.3, 0.4) is 0 Å². The van der Waals surface area contributed by atoms with Crippen molar-refractivity contribution >= 4 is 12.9 Å². The van der Waals surface area contributed by atoms with E-state index in [1.807, 2.05) is 65.8 Å². The molecule has 0 unspecified atom stereocenters. The summed E-state index contributed by atoms with van der Waals surface area (Å²) in [4.78, 5) is 0. The Morgan fingerprint density at radius 3 is 2.31 bits per heavy atom. The highest BCUT2D eigenvalue weighted by molar-refractivity contribution is 7.62. The zero-order valence-electron chi connectivity index (χ0n) is 20.9. The summed E-state index contributed by atoms with van der Waals surface area (Å²) < 4.78 is 57.4. The molecule has 0 aromatic heterocycles. The molecule has 3 aliphatic rings. The van der Waals surface area contributed by atoms with Gasteiger partial charge in [-0.15, -0.1) is 0 Å². The van der Waals surface area contributed by atoms with Gasteiger partial charge in [0.1, 0.15) is 30.2 Å². The molecule has 0 bridgehead atoms. The van der Waals surface area contributed by atoms with Crippen molar-refractivity contribution in [2.75, 3.05) is 6.61 Å². The van der Waals surface area contributed by atoms with Crippen molar-refractivity contribution in [3.05, 3.63) is 59.7 Å². The Morgan fingerprint density at radius 1 is 0.914 bits per heavy atom. The number of rotatable bonds is 6. The maximum absolute atomic E-state index is 14.5. The highest BCUT2D eigenvalue weighted by Gasteiger charge is 2.60. The molecule has 0 radical (unpaired) electrons. The van der Waals surface area contributed by atoms with Crippen molar-refractivity contribution in [3.63, 3.8) is 0 Å². The fourth-order valence-electron chi connectivity index (χ4n) is 4.74. The standard InChI is InChI=1S/C26H33O8P/c1-16-12-13-19(17(2)14-16)33-35(27,18-10-8-7-9-11-18)34-22-21(20-15-28-25(3,4)30-20)29-24-23(22)31-26(5,6)32-24/h7-14,20-24H,15H2,1-6H3/t20-,21-,22+,23-,24-,35+/m1/s1. The molecule has 3 aliphatic heterocycles. The normalized spacial score (nSPS) is 32.8. The summed E-state index contributed by atoms with van der Waals surface area (Å²) in [5.41, 5.74) is 1.94. The molecule has 3 heterocycles. The highest BCUT2D eigenvalue weighted by atomic mass is 31.2. The SMILES string of the molecule is Cc1ccc(O[P@](=O)(O[C@@H]2[C@H]3OC(C)(C)O[C@H]3O[C@@H]2[C@H]2COC(C)(C)O2)c2ccccc2)c(C)c1. The second-order valence-corrected chi connectivity index (χ2v) is 12.1.